The van der Waals surface area contributed by atoms with E-state index in [9.17, 15) is 24.9 Å². The van der Waals surface area contributed by atoms with Crippen LogP contribution in [0.2, 0.25) is 0 Å². The molecule has 0 aromatic heterocycles. The van der Waals surface area contributed by atoms with Crippen LogP contribution in [0.4, 0.5) is 0 Å². The van der Waals surface area contributed by atoms with Gasteiger partial charge in [0.1, 0.15) is 11.9 Å². The largest absolute Gasteiger partial charge is 0.508 e. The van der Waals surface area contributed by atoms with E-state index in [1.807, 2.05) is 0 Å². The second kappa shape index (κ2) is 10.7. The van der Waals surface area contributed by atoms with E-state index < -0.39 is 35.0 Å². The van der Waals surface area contributed by atoms with Crippen molar-refractivity contribution in [3.05, 3.63) is 48.1 Å². The van der Waals surface area contributed by atoms with Crippen LogP contribution in [0.3, 0.4) is 0 Å². The first-order valence-corrected chi connectivity index (χ1v) is 17.3. The van der Waals surface area contributed by atoms with Crippen LogP contribution in [0.15, 0.2) is 42.5 Å². The minimum absolute atomic E-state index is 0.0169. The number of aromatic hydroxyl groups is 1. The highest BCUT2D eigenvalue weighted by Crippen LogP contribution is 2.77. The summed E-state index contributed by atoms with van der Waals surface area (Å²) in [6.07, 6.45) is 9.82. The molecule has 0 aliphatic heterocycles. The summed E-state index contributed by atoms with van der Waals surface area (Å²) in [5.74, 6) is 0.537. The number of carbonyl (C=O) groups excluding carboxylic acids is 1. The number of hydrogen-bond donors (Lipinski definition) is 3. The number of carboxylic acid groups (broad SMARTS) is 1. The van der Waals surface area contributed by atoms with Crippen molar-refractivity contribution in [3.8, 4) is 5.75 Å². The smallest absolute Gasteiger partial charge is 0.331 e. The van der Waals surface area contributed by atoms with Crippen molar-refractivity contribution in [1.29, 1.82) is 0 Å². The van der Waals surface area contributed by atoms with Crippen LogP contribution in [-0.4, -0.2) is 39.5 Å². The number of aliphatic carboxylic acids is 1. The Morgan fingerprint density at radius 2 is 1.60 bits per heavy atom. The summed E-state index contributed by atoms with van der Waals surface area (Å²) in [5, 5.41) is 31.9. The van der Waals surface area contributed by atoms with Gasteiger partial charge < -0.3 is 20.1 Å². The van der Waals surface area contributed by atoms with Gasteiger partial charge >= 0.3 is 11.9 Å². The fourth-order valence-electron chi connectivity index (χ4n) is 12.8. The van der Waals surface area contributed by atoms with Crippen LogP contribution in [0.5, 0.6) is 5.75 Å². The fraction of sp³-hybridized carbons (Fsp3) is 0.692. The summed E-state index contributed by atoms with van der Waals surface area (Å²) in [7, 11) is 0. The second-order valence-corrected chi connectivity index (χ2v) is 17.0. The zero-order chi connectivity index (χ0) is 32.7. The number of carbonyl (C=O) groups is 2. The zero-order valence-electron chi connectivity index (χ0n) is 28.1. The normalized spacial score (nSPS) is 45.1. The highest BCUT2D eigenvalue weighted by atomic mass is 16.6. The molecule has 45 heavy (non-hydrogen) atoms. The number of fused-ring (bicyclic) bond motifs is 7. The predicted octanol–water partition coefficient (Wildman–Crippen LogP) is 8.03. The Morgan fingerprint density at radius 3 is 2.24 bits per heavy atom. The lowest BCUT2D eigenvalue weighted by atomic mass is 9.32. The Labute approximate surface area is 269 Å². The van der Waals surface area contributed by atoms with Crippen molar-refractivity contribution in [2.45, 2.75) is 112 Å². The van der Waals surface area contributed by atoms with Gasteiger partial charge in [-0.05, 0) is 134 Å². The molecule has 0 spiro atoms. The molecule has 246 valence electrons. The number of carboxylic acids is 1. The van der Waals surface area contributed by atoms with E-state index >= 15 is 0 Å². The van der Waals surface area contributed by atoms with Gasteiger partial charge in [-0.3, -0.25) is 4.79 Å². The maximum Gasteiger partial charge on any atom is 0.331 e. The molecule has 6 nitrogen and oxygen atoms in total. The fourth-order valence-corrected chi connectivity index (χ4v) is 12.8. The molecule has 5 aliphatic carbocycles. The number of phenols is 1. The molecule has 0 unspecified atom stereocenters. The van der Waals surface area contributed by atoms with E-state index in [4.69, 9.17) is 4.74 Å². The Hall–Kier alpha value is -2.60. The summed E-state index contributed by atoms with van der Waals surface area (Å²) in [4.78, 5) is 26.0. The molecule has 0 saturated heterocycles. The molecule has 0 amide bonds. The first-order chi connectivity index (χ1) is 21.0. The van der Waals surface area contributed by atoms with Gasteiger partial charge in [-0.15, -0.1) is 0 Å². The quantitative estimate of drug-likeness (QED) is 0.175. The van der Waals surface area contributed by atoms with Crippen molar-refractivity contribution in [1.82, 2.24) is 0 Å². The van der Waals surface area contributed by atoms with Gasteiger partial charge in [0.15, 0.2) is 0 Å². The monoisotopic (exact) mass is 618 g/mol. The van der Waals surface area contributed by atoms with Crippen LogP contribution >= 0.6 is 0 Å². The summed E-state index contributed by atoms with van der Waals surface area (Å²) in [5.41, 5.74) is 0.796. The van der Waals surface area contributed by atoms with E-state index in [0.717, 1.165) is 62.5 Å². The molecular formula is C39H54O6. The van der Waals surface area contributed by atoms with Crippen LogP contribution in [0, 0.1) is 56.7 Å². The number of ether oxygens (including phenoxy) is 1. The first kappa shape index (κ1) is 32.3. The number of benzene rings is 1. The maximum absolute atomic E-state index is 13.0. The van der Waals surface area contributed by atoms with E-state index in [-0.39, 0.29) is 39.7 Å². The van der Waals surface area contributed by atoms with Gasteiger partial charge in [0.2, 0.25) is 0 Å². The molecule has 3 N–H and O–H groups in total. The van der Waals surface area contributed by atoms with E-state index in [2.05, 4.69) is 48.1 Å². The molecule has 5 saturated carbocycles. The van der Waals surface area contributed by atoms with E-state index in [1.165, 1.54) is 6.08 Å². The number of esters is 1. The van der Waals surface area contributed by atoms with Crippen LogP contribution < -0.4 is 0 Å². The lowest BCUT2D eigenvalue weighted by molar-refractivity contribution is -0.265. The highest BCUT2D eigenvalue weighted by Gasteiger charge is 2.72. The zero-order valence-corrected chi connectivity index (χ0v) is 28.1. The van der Waals surface area contributed by atoms with Crippen LogP contribution in [0.25, 0.3) is 6.08 Å². The summed E-state index contributed by atoms with van der Waals surface area (Å²) >= 11 is 0. The Kier molecular flexibility index (Phi) is 7.70. The lowest BCUT2D eigenvalue weighted by Crippen LogP contribution is -2.69. The standard InChI is InChI=1S/C39H54O6/c1-23(2)26-16-19-39(34(43)44)21-20-37(6)27(32(26)39)13-14-30-36(5)22-28(41)33(35(3,4)29(36)17-18-38(30,37)7)45-31(42)15-10-24-8-11-25(40)12-9-24/h8-12,15,26-30,32-33,40-41H,1,13-14,16-22H2,2-7H3,(H,43,44)/b15-10+/t26-,27+,28+,29-,30+,32+,33-,36-,37+,38+,39-/m0/s1. The van der Waals surface area contributed by atoms with Crippen molar-refractivity contribution >= 4 is 18.0 Å². The predicted molar refractivity (Wildman–Crippen MR) is 175 cm³/mol. The van der Waals surface area contributed by atoms with Crippen LogP contribution in [-0.2, 0) is 14.3 Å². The molecule has 5 fully saturated rings. The molecule has 11 atom stereocenters. The average molecular weight is 619 g/mol. The highest BCUT2D eigenvalue weighted by molar-refractivity contribution is 5.87. The van der Waals surface area contributed by atoms with E-state index in [0.29, 0.717) is 18.3 Å². The van der Waals surface area contributed by atoms with Gasteiger partial charge in [0.25, 0.3) is 0 Å². The third kappa shape index (κ3) is 4.58. The lowest BCUT2D eigenvalue weighted by Gasteiger charge is -2.73. The first-order valence-electron chi connectivity index (χ1n) is 17.3. The van der Waals surface area contributed by atoms with Crippen molar-refractivity contribution in [3.63, 3.8) is 0 Å². The minimum atomic E-state index is -0.770. The number of phenolic OH excluding ortho intramolecular Hbond substituents is 1. The second-order valence-electron chi connectivity index (χ2n) is 17.0. The topological polar surface area (TPSA) is 104 Å². The number of aliphatic hydroxyl groups excluding tert-OH is 1. The molecule has 6 rings (SSSR count). The van der Waals surface area contributed by atoms with Crippen molar-refractivity contribution < 1.29 is 29.6 Å². The van der Waals surface area contributed by atoms with Gasteiger partial charge in [0, 0.05) is 11.5 Å². The molecule has 1 aromatic rings. The van der Waals surface area contributed by atoms with Crippen LogP contribution in [0.1, 0.15) is 105 Å². The molecule has 6 heteroatoms. The third-order valence-electron chi connectivity index (χ3n) is 14.9. The molecule has 0 bridgehead atoms. The van der Waals surface area contributed by atoms with Gasteiger partial charge in [0.05, 0.1) is 11.5 Å². The molecule has 1 aromatic carbocycles. The molecular weight excluding hydrogens is 564 g/mol. The Morgan fingerprint density at radius 1 is 0.911 bits per heavy atom. The van der Waals surface area contributed by atoms with Gasteiger partial charge in [-0.1, -0.05) is 58.9 Å². The van der Waals surface area contributed by atoms with Crippen molar-refractivity contribution in [2.24, 2.45) is 56.7 Å². The number of aliphatic hydroxyl groups is 1. The number of rotatable bonds is 5. The summed E-state index contributed by atoms with van der Waals surface area (Å²) in [6, 6.07) is 6.62. The Balaban J connectivity index is 1.27. The van der Waals surface area contributed by atoms with E-state index in [1.54, 1.807) is 30.3 Å². The maximum atomic E-state index is 13.0. The third-order valence-corrected chi connectivity index (χ3v) is 14.9. The average Bonchev–Trinajstić information content (AvgIpc) is 3.37. The van der Waals surface area contributed by atoms with Crippen molar-refractivity contribution in [2.75, 3.05) is 0 Å². The molecule has 0 radical (unpaired) electrons. The molecule has 0 heterocycles. The SMILES string of the molecule is C=C(C)[C@@H]1CC[C@]2(C(=O)O)CC[C@]3(C)[C@H](CC[C@@H]4[C@@]5(C)C[C@@H](O)[C@H](OC(=O)/C=C/c6ccc(O)cc6)C(C)(C)[C@@H]5CC[C@]43C)[C@@H]12. The summed E-state index contributed by atoms with van der Waals surface area (Å²) in [6.45, 7) is 18.2. The molecule has 5 aliphatic rings. The Bertz CT molecular complexity index is 1390. The number of allylic oxidation sites excluding steroid dienone is 1. The minimum Gasteiger partial charge on any atom is -0.508 e. The summed E-state index contributed by atoms with van der Waals surface area (Å²) < 4.78 is 6.05. The van der Waals surface area contributed by atoms with Gasteiger partial charge in [-0.2, -0.15) is 0 Å². The number of hydrogen-bond acceptors (Lipinski definition) is 5. The van der Waals surface area contributed by atoms with Gasteiger partial charge in [-0.25, -0.2) is 4.79 Å².